The van der Waals surface area contributed by atoms with Crippen molar-refractivity contribution in [1.29, 1.82) is 0 Å². The summed E-state index contributed by atoms with van der Waals surface area (Å²) in [6.45, 7) is 3.17. The van der Waals surface area contributed by atoms with Crippen molar-refractivity contribution in [3.8, 4) is 5.75 Å². The normalized spacial score (nSPS) is 14.2. The summed E-state index contributed by atoms with van der Waals surface area (Å²) >= 11 is 5.91. The van der Waals surface area contributed by atoms with Crippen molar-refractivity contribution in [2.45, 2.75) is 6.54 Å². The molecule has 1 aliphatic rings. The number of rotatable bonds is 6. The summed E-state index contributed by atoms with van der Waals surface area (Å²) in [7, 11) is 1.60. The third-order valence-electron chi connectivity index (χ3n) is 5.17. The molecule has 10 heteroatoms. The Kier molecular flexibility index (Phi) is 6.67. The van der Waals surface area contributed by atoms with Gasteiger partial charge < -0.3 is 20.7 Å². The van der Waals surface area contributed by atoms with Crippen LogP contribution in [0.4, 0.5) is 17.6 Å². The molecule has 9 nitrogen and oxygen atoms in total. The fraction of sp³-hybridized carbons (Fsp3) is 0.273. The summed E-state index contributed by atoms with van der Waals surface area (Å²) in [5.41, 5.74) is 7.29. The predicted molar refractivity (Wildman–Crippen MR) is 123 cm³/mol. The number of piperazine rings is 1. The molecule has 32 heavy (non-hydrogen) atoms. The number of carbonyl (C=O) groups is 1. The van der Waals surface area contributed by atoms with Gasteiger partial charge in [-0.05, 0) is 36.4 Å². The van der Waals surface area contributed by atoms with E-state index in [1.165, 1.54) is 0 Å². The Labute approximate surface area is 191 Å². The monoisotopic (exact) mass is 453 g/mol. The second-order valence-corrected chi connectivity index (χ2v) is 7.77. The first-order chi connectivity index (χ1) is 15.5. The molecule has 166 valence electrons. The van der Waals surface area contributed by atoms with E-state index in [9.17, 15) is 4.79 Å². The van der Waals surface area contributed by atoms with Gasteiger partial charge >= 0.3 is 0 Å². The standard InChI is InChI=1S/C22H24ClN7O2/c1-32-18-5-3-2-4-17(18)25-22-27-19(26-21(24)28-22)14-29-10-12-30(13-11-29)20(31)15-6-8-16(23)9-7-15/h2-9H,10-14H2,1H3,(H3,24,25,26,27,28). The second-order valence-electron chi connectivity index (χ2n) is 7.33. The molecule has 0 saturated carbocycles. The van der Waals surface area contributed by atoms with Crippen molar-refractivity contribution in [2.75, 3.05) is 44.3 Å². The maximum absolute atomic E-state index is 12.7. The number of methoxy groups -OCH3 is 1. The Morgan fingerprint density at radius 1 is 1.06 bits per heavy atom. The van der Waals surface area contributed by atoms with Gasteiger partial charge in [-0.3, -0.25) is 9.69 Å². The number of para-hydroxylation sites is 2. The highest BCUT2D eigenvalue weighted by atomic mass is 35.5. The Bertz CT molecular complexity index is 1090. The molecule has 0 bridgehead atoms. The highest BCUT2D eigenvalue weighted by Crippen LogP contribution is 2.25. The number of nitrogens with one attached hydrogen (secondary N) is 1. The minimum Gasteiger partial charge on any atom is -0.495 e. The molecular weight excluding hydrogens is 430 g/mol. The number of anilines is 3. The van der Waals surface area contributed by atoms with E-state index in [0.717, 1.165) is 5.69 Å². The summed E-state index contributed by atoms with van der Waals surface area (Å²) in [4.78, 5) is 29.7. The van der Waals surface area contributed by atoms with E-state index in [0.29, 0.717) is 60.8 Å². The van der Waals surface area contributed by atoms with Gasteiger partial charge in [0.1, 0.15) is 11.6 Å². The van der Waals surface area contributed by atoms with Gasteiger partial charge in [-0.25, -0.2) is 0 Å². The highest BCUT2D eigenvalue weighted by Gasteiger charge is 2.23. The quantitative estimate of drug-likeness (QED) is 0.586. The lowest BCUT2D eigenvalue weighted by Gasteiger charge is -2.34. The summed E-state index contributed by atoms with van der Waals surface area (Å²) in [6.07, 6.45) is 0. The first kappa shape index (κ1) is 21.8. The summed E-state index contributed by atoms with van der Waals surface area (Å²) in [6, 6.07) is 14.4. The van der Waals surface area contributed by atoms with Crippen LogP contribution in [0.1, 0.15) is 16.2 Å². The number of nitrogens with two attached hydrogens (primary N) is 1. The number of nitrogens with zero attached hydrogens (tertiary/aromatic N) is 5. The molecule has 0 aliphatic carbocycles. The van der Waals surface area contributed by atoms with E-state index < -0.39 is 0 Å². The van der Waals surface area contributed by atoms with Gasteiger partial charge in [0.2, 0.25) is 11.9 Å². The Morgan fingerprint density at radius 2 is 1.78 bits per heavy atom. The molecule has 4 rings (SSSR count). The number of hydrogen-bond donors (Lipinski definition) is 2. The zero-order valence-electron chi connectivity index (χ0n) is 17.7. The molecule has 2 heterocycles. The largest absolute Gasteiger partial charge is 0.495 e. The molecule has 1 fully saturated rings. The van der Waals surface area contributed by atoms with Gasteiger partial charge in [0.25, 0.3) is 5.91 Å². The van der Waals surface area contributed by atoms with Crippen molar-refractivity contribution in [1.82, 2.24) is 24.8 Å². The van der Waals surface area contributed by atoms with Gasteiger partial charge in [-0.1, -0.05) is 23.7 Å². The van der Waals surface area contributed by atoms with Crippen molar-refractivity contribution < 1.29 is 9.53 Å². The van der Waals surface area contributed by atoms with E-state index >= 15 is 0 Å². The van der Waals surface area contributed by atoms with Crippen molar-refractivity contribution >= 4 is 35.1 Å². The maximum atomic E-state index is 12.7. The fourth-order valence-corrected chi connectivity index (χ4v) is 3.64. The van der Waals surface area contributed by atoms with Crippen LogP contribution in [0, 0.1) is 0 Å². The third kappa shape index (κ3) is 5.24. The lowest BCUT2D eigenvalue weighted by atomic mass is 10.2. The molecular formula is C22H24ClN7O2. The molecule has 3 N–H and O–H groups in total. The number of hydrogen-bond acceptors (Lipinski definition) is 8. The van der Waals surface area contributed by atoms with Crippen LogP contribution in [-0.4, -0.2) is 63.9 Å². The molecule has 0 unspecified atom stereocenters. The van der Waals surface area contributed by atoms with Gasteiger partial charge in [-0.15, -0.1) is 0 Å². The van der Waals surface area contributed by atoms with Crippen LogP contribution in [0.5, 0.6) is 5.75 Å². The minimum absolute atomic E-state index is 0.00835. The molecule has 1 aliphatic heterocycles. The average molecular weight is 454 g/mol. The Morgan fingerprint density at radius 3 is 2.50 bits per heavy atom. The summed E-state index contributed by atoms with van der Waals surface area (Å²) < 4.78 is 5.35. The zero-order valence-corrected chi connectivity index (χ0v) is 18.4. The number of carbonyl (C=O) groups excluding carboxylic acids is 1. The molecule has 0 radical (unpaired) electrons. The molecule has 3 aromatic rings. The predicted octanol–water partition coefficient (Wildman–Crippen LogP) is 2.82. The number of ether oxygens (including phenoxy) is 1. The van der Waals surface area contributed by atoms with E-state index in [1.54, 1.807) is 31.4 Å². The lowest BCUT2D eigenvalue weighted by Crippen LogP contribution is -2.48. The lowest BCUT2D eigenvalue weighted by molar-refractivity contribution is 0.0625. The van der Waals surface area contributed by atoms with E-state index in [2.05, 4.69) is 25.2 Å². The molecule has 1 aromatic heterocycles. The fourth-order valence-electron chi connectivity index (χ4n) is 3.52. The van der Waals surface area contributed by atoms with Gasteiger partial charge in [0.15, 0.2) is 0 Å². The number of amides is 1. The molecule has 0 spiro atoms. The topological polar surface area (TPSA) is 109 Å². The van der Waals surface area contributed by atoms with Crippen LogP contribution < -0.4 is 15.8 Å². The molecule has 1 saturated heterocycles. The molecule has 2 aromatic carbocycles. The van der Waals surface area contributed by atoms with Crippen molar-refractivity contribution in [3.63, 3.8) is 0 Å². The first-order valence-electron chi connectivity index (χ1n) is 10.2. The van der Waals surface area contributed by atoms with Crippen LogP contribution in [0.15, 0.2) is 48.5 Å². The number of benzene rings is 2. The van der Waals surface area contributed by atoms with Crippen molar-refractivity contribution in [3.05, 3.63) is 64.9 Å². The zero-order chi connectivity index (χ0) is 22.5. The van der Waals surface area contributed by atoms with Crippen LogP contribution >= 0.6 is 11.6 Å². The number of aromatic nitrogens is 3. The number of halogens is 1. The van der Waals surface area contributed by atoms with Crippen LogP contribution in [0.25, 0.3) is 0 Å². The highest BCUT2D eigenvalue weighted by molar-refractivity contribution is 6.30. The average Bonchev–Trinajstić information content (AvgIpc) is 2.79. The summed E-state index contributed by atoms with van der Waals surface area (Å²) in [5.74, 6) is 1.74. The minimum atomic E-state index is 0.00835. The van der Waals surface area contributed by atoms with E-state index in [4.69, 9.17) is 22.1 Å². The van der Waals surface area contributed by atoms with E-state index in [1.807, 2.05) is 29.2 Å². The van der Waals surface area contributed by atoms with E-state index in [-0.39, 0.29) is 11.9 Å². The second kappa shape index (κ2) is 9.80. The number of nitrogen functional groups attached to an aromatic ring is 1. The maximum Gasteiger partial charge on any atom is 0.253 e. The Balaban J connectivity index is 1.38. The van der Waals surface area contributed by atoms with Crippen LogP contribution in [0.3, 0.4) is 0 Å². The SMILES string of the molecule is COc1ccccc1Nc1nc(N)nc(CN2CCN(C(=O)c3ccc(Cl)cc3)CC2)n1. The smallest absolute Gasteiger partial charge is 0.253 e. The molecule has 1 amide bonds. The summed E-state index contributed by atoms with van der Waals surface area (Å²) in [5, 5.41) is 3.75. The van der Waals surface area contributed by atoms with Gasteiger partial charge in [0.05, 0.1) is 19.3 Å². The van der Waals surface area contributed by atoms with Gasteiger partial charge in [0, 0.05) is 36.8 Å². The molecule has 0 atom stereocenters. The Hall–Kier alpha value is -3.43. The van der Waals surface area contributed by atoms with Crippen LogP contribution in [0.2, 0.25) is 5.02 Å². The third-order valence-corrected chi connectivity index (χ3v) is 5.42. The van der Waals surface area contributed by atoms with Crippen molar-refractivity contribution in [2.24, 2.45) is 0 Å². The van der Waals surface area contributed by atoms with Crippen LogP contribution in [-0.2, 0) is 6.54 Å². The first-order valence-corrected chi connectivity index (χ1v) is 10.6. The van der Waals surface area contributed by atoms with Gasteiger partial charge in [-0.2, -0.15) is 15.0 Å².